The van der Waals surface area contributed by atoms with Crippen LogP contribution in [0.4, 0.5) is 0 Å². The lowest BCUT2D eigenvalue weighted by Gasteiger charge is -2.30. The lowest BCUT2D eigenvalue weighted by Crippen LogP contribution is -2.42. The Morgan fingerprint density at radius 1 is 1.11 bits per heavy atom. The number of rotatable bonds is 5. The summed E-state index contributed by atoms with van der Waals surface area (Å²) in [5.74, 6) is -1.34. The Morgan fingerprint density at radius 3 is 2.48 bits per heavy atom. The van der Waals surface area contributed by atoms with Crippen molar-refractivity contribution in [2.45, 2.75) is 12.8 Å². The van der Waals surface area contributed by atoms with Gasteiger partial charge in [0.25, 0.3) is 5.91 Å². The van der Waals surface area contributed by atoms with E-state index in [1.165, 1.54) is 13.4 Å². The monoisotopic (exact) mass is 371 g/mol. The molecule has 7 nitrogen and oxygen atoms in total. The van der Waals surface area contributed by atoms with E-state index in [4.69, 9.17) is 13.9 Å². The summed E-state index contributed by atoms with van der Waals surface area (Å²) in [5.41, 5.74) is 1.45. The zero-order valence-corrected chi connectivity index (χ0v) is 15.1. The first kappa shape index (κ1) is 18.7. The summed E-state index contributed by atoms with van der Waals surface area (Å²) in [6, 6.07) is 11.0. The van der Waals surface area contributed by atoms with Crippen LogP contribution in [0.1, 0.15) is 23.4 Å². The summed E-state index contributed by atoms with van der Waals surface area (Å²) in [6.07, 6.45) is 2.50. The van der Waals surface area contributed by atoms with Gasteiger partial charge in [-0.3, -0.25) is 9.59 Å². The smallest absolute Gasteiger partial charge is 0.375 e. The third-order valence-electron chi connectivity index (χ3n) is 4.64. The maximum absolute atomic E-state index is 12.3. The zero-order chi connectivity index (χ0) is 19.2. The SMILES string of the molecule is COC(=O)C1CCN(C(=O)COC(=O)c2occc2-c2ccccc2)CC1. The minimum atomic E-state index is -0.684. The number of amides is 1. The summed E-state index contributed by atoms with van der Waals surface area (Å²) in [6.45, 7) is 0.509. The molecule has 1 saturated heterocycles. The Kier molecular flexibility index (Phi) is 5.90. The quantitative estimate of drug-likeness (QED) is 0.751. The molecule has 1 aliphatic rings. The predicted molar refractivity (Wildman–Crippen MR) is 95.7 cm³/mol. The van der Waals surface area contributed by atoms with Gasteiger partial charge in [-0.15, -0.1) is 0 Å². The highest BCUT2D eigenvalue weighted by atomic mass is 16.5. The fourth-order valence-electron chi connectivity index (χ4n) is 3.13. The second-order valence-electron chi connectivity index (χ2n) is 6.28. The largest absolute Gasteiger partial charge is 0.469 e. The average Bonchev–Trinajstić information content (AvgIpc) is 3.22. The number of esters is 2. The first-order valence-corrected chi connectivity index (χ1v) is 8.75. The molecule has 0 atom stereocenters. The minimum absolute atomic E-state index is 0.0680. The number of hydrogen-bond donors (Lipinski definition) is 0. The van der Waals surface area contributed by atoms with E-state index in [1.807, 2.05) is 30.3 Å². The molecule has 1 aromatic carbocycles. The number of nitrogens with zero attached hydrogens (tertiary/aromatic N) is 1. The van der Waals surface area contributed by atoms with Gasteiger partial charge in [-0.05, 0) is 24.5 Å². The van der Waals surface area contributed by atoms with Crippen LogP contribution in [0.3, 0.4) is 0 Å². The van der Waals surface area contributed by atoms with E-state index in [2.05, 4.69) is 0 Å². The highest BCUT2D eigenvalue weighted by Crippen LogP contribution is 2.25. The van der Waals surface area contributed by atoms with Crippen molar-refractivity contribution in [1.29, 1.82) is 0 Å². The molecule has 1 aromatic heterocycles. The highest BCUT2D eigenvalue weighted by molar-refractivity contribution is 5.95. The Bertz CT molecular complexity index is 805. The maximum atomic E-state index is 12.3. The summed E-state index contributed by atoms with van der Waals surface area (Å²) in [4.78, 5) is 37.7. The van der Waals surface area contributed by atoms with E-state index in [1.54, 1.807) is 11.0 Å². The van der Waals surface area contributed by atoms with Crippen LogP contribution in [-0.4, -0.2) is 49.6 Å². The van der Waals surface area contributed by atoms with Gasteiger partial charge in [-0.2, -0.15) is 0 Å². The molecule has 1 aliphatic heterocycles. The summed E-state index contributed by atoms with van der Waals surface area (Å²) in [7, 11) is 1.36. The van der Waals surface area contributed by atoms with Gasteiger partial charge < -0.3 is 18.8 Å². The first-order valence-electron chi connectivity index (χ1n) is 8.75. The summed E-state index contributed by atoms with van der Waals surface area (Å²) >= 11 is 0. The maximum Gasteiger partial charge on any atom is 0.375 e. The normalized spacial score (nSPS) is 14.6. The van der Waals surface area contributed by atoms with Crippen molar-refractivity contribution in [3.63, 3.8) is 0 Å². The number of hydrogen-bond acceptors (Lipinski definition) is 6. The average molecular weight is 371 g/mol. The van der Waals surface area contributed by atoms with E-state index < -0.39 is 5.97 Å². The molecule has 1 amide bonds. The van der Waals surface area contributed by atoms with E-state index in [-0.39, 0.29) is 30.2 Å². The molecule has 0 radical (unpaired) electrons. The molecular formula is C20H21NO6. The van der Waals surface area contributed by atoms with Gasteiger partial charge in [0.1, 0.15) is 0 Å². The van der Waals surface area contributed by atoms with E-state index >= 15 is 0 Å². The van der Waals surface area contributed by atoms with Crippen LogP contribution < -0.4 is 0 Å². The minimum Gasteiger partial charge on any atom is -0.469 e. The number of carbonyl (C=O) groups is 3. The van der Waals surface area contributed by atoms with E-state index in [0.29, 0.717) is 31.5 Å². The fraction of sp³-hybridized carbons (Fsp3) is 0.350. The molecule has 2 aromatic rings. The second kappa shape index (κ2) is 8.53. The second-order valence-corrected chi connectivity index (χ2v) is 6.28. The van der Waals surface area contributed by atoms with Gasteiger partial charge in [-0.25, -0.2) is 4.79 Å². The molecule has 27 heavy (non-hydrogen) atoms. The third-order valence-corrected chi connectivity index (χ3v) is 4.64. The van der Waals surface area contributed by atoms with Crippen LogP contribution >= 0.6 is 0 Å². The van der Waals surface area contributed by atoms with E-state index in [9.17, 15) is 14.4 Å². The Hall–Kier alpha value is -3.09. The number of furan rings is 1. The van der Waals surface area contributed by atoms with Gasteiger partial charge in [0, 0.05) is 18.7 Å². The standard InChI is InChI=1S/C20H21NO6/c1-25-19(23)15-7-10-21(11-8-15)17(22)13-27-20(24)18-16(9-12-26-18)14-5-3-2-4-6-14/h2-6,9,12,15H,7-8,10-11,13H2,1H3. The van der Waals surface area contributed by atoms with Gasteiger partial charge in [0.05, 0.1) is 19.3 Å². The van der Waals surface area contributed by atoms with Crippen LogP contribution in [0.2, 0.25) is 0 Å². The number of methoxy groups -OCH3 is 1. The van der Waals surface area contributed by atoms with Crippen molar-refractivity contribution in [2.75, 3.05) is 26.8 Å². The number of benzene rings is 1. The molecular weight excluding hydrogens is 350 g/mol. The van der Waals surface area contributed by atoms with Crippen molar-refractivity contribution in [1.82, 2.24) is 4.90 Å². The van der Waals surface area contributed by atoms with Crippen LogP contribution in [0.15, 0.2) is 47.1 Å². The Balaban J connectivity index is 1.54. The van der Waals surface area contributed by atoms with Crippen molar-refractivity contribution in [2.24, 2.45) is 5.92 Å². The van der Waals surface area contributed by atoms with Crippen molar-refractivity contribution < 1.29 is 28.3 Å². The molecule has 1 fully saturated rings. The molecule has 142 valence electrons. The Labute approximate surface area is 156 Å². The molecule has 2 heterocycles. The van der Waals surface area contributed by atoms with Gasteiger partial charge in [-0.1, -0.05) is 30.3 Å². The molecule has 3 rings (SSSR count). The topological polar surface area (TPSA) is 86.0 Å². The number of carbonyl (C=O) groups excluding carboxylic acids is 3. The molecule has 0 N–H and O–H groups in total. The molecule has 7 heteroatoms. The molecule has 0 bridgehead atoms. The van der Waals surface area contributed by atoms with Crippen LogP contribution in [-0.2, 0) is 19.1 Å². The van der Waals surface area contributed by atoms with Crippen LogP contribution in [0.5, 0.6) is 0 Å². The molecule has 0 spiro atoms. The van der Waals surface area contributed by atoms with Gasteiger partial charge in [0.15, 0.2) is 6.61 Å². The highest BCUT2D eigenvalue weighted by Gasteiger charge is 2.28. The summed E-state index contributed by atoms with van der Waals surface area (Å²) in [5, 5.41) is 0. The summed E-state index contributed by atoms with van der Waals surface area (Å²) < 4.78 is 15.1. The molecule has 0 unspecified atom stereocenters. The lowest BCUT2D eigenvalue weighted by atomic mass is 9.97. The van der Waals surface area contributed by atoms with Gasteiger partial charge in [0.2, 0.25) is 5.76 Å². The fourth-order valence-corrected chi connectivity index (χ4v) is 3.13. The molecule has 0 saturated carbocycles. The first-order chi connectivity index (χ1) is 13.1. The number of likely N-dealkylation sites (tertiary alicyclic amines) is 1. The number of ether oxygens (including phenoxy) is 2. The molecule has 0 aliphatic carbocycles. The number of piperidine rings is 1. The predicted octanol–water partition coefficient (Wildman–Crippen LogP) is 2.51. The van der Waals surface area contributed by atoms with Crippen LogP contribution in [0.25, 0.3) is 11.1 Å². The van der Waals surface area contributed by atoms with Crippen molar-refractivity contribution in [3.8, 4) is 11.1 Å². The third kappa shape index (κ3) is 4.36. The lowest BCUT2D eigenvalue weighted by molar-refractivity contribution is -0.149. The van der Waals surface area contributed by atoms with E-state index in [0.717, 1.165) is 5.56 Å². The van der Waals surface area contributed by atoms with Crippen LogP contribution in [0, 0.1) is 5.92 Å². The Morgan fingerprint density at radius 2 is 1.81 bits per heavy atom. The van der Waals surface area contributed by atoms with Crippen molar-refractivity contribution >= 4 is 17.8 Å². The zero-order valence-electron chi connectivity index (χ0n) is 15.1. The van der Waals surface area contributed by atoms with Gasteiger partial charge >= 0.3 is 11.9 Å². The van der Waals surface area contributed by atoms with Crippen molar-refractivity contribution in [3.05, 3.63) is 48.4 Å².